The van der Waals surface area contributed by atoms with Crippen molar-refractivity contribution in [3.8, 4) is 18.1 Å². The number of aliphatic hydroxyl groups excluding tert-OH is 1. The van der Waals surface area contributed by atoms with Gasteiger partial charge in [-0.15, -0.1) is 6.42 Å². The third kappa shape index (κ3) is 4.14. The molecule has 1 heterocycles. The number of carbonyl (C=O) groups excluding carboxylic acids is 1. The number of carbonyl (C=O) groups is 1. The third-order valence-electron chi connectivity index (χ3n) is 3.63. The largest absolute Gasteiger partial charge is 0.481 e. The number of β-amino-alcohol motifs (C(OH)–C–C–N with tert-alkyl or cyclic N) is 1. The number of terminal acetylenes is 1. The molecule has 0 aliphatic carbocycles. The summed E-state index contributed by atoms with van der Waals surface area (Å²) in [4.78, 5) is 13.8. The van der Waals surface area contributed by atoms with E-state index < -0.39 is 6.10 Å². The summed E-state index contributed by atoms with van der Waals surface area (Å²) in [6, 6.07) is 6.82. The van der Waals surface area contributed by atoms with Crippen molar-refractivity contribution in [1.82, 2.24) is 4.90 Å². The lowest BCUT2D eigenvalue weighted by atomic mass is 9.96. The average Bonchev–Trinajstić information content (AvgIpc) is 2.49. The molecule has 21 heavy (non-hydrogen) atoms. The number of hydrogen-bond acceptors (Lipinski definition) is 3. The molecule has 2 unspecified atom stereocenters. The van der Waals surface area contributed by atoms with Gasteiger partial charge in [0.1, 0.15) is 12.4 Å². The second kappa shape index (κ2) is 7.00. The first-order valence-corrected chi connectivity index (χ1v) is 7.00. The lowest BCUT2D eigenvalue weighted by molar-refractivity contribution is 0.0464. The predicted molar refractivity (Wildman–Crippen MR) is 81.1 cm³/mol. The minimum atomic E-state index is -0.455. The van der Waals surface area contributed by atoms with E-state index >= 15 is 0 Å². The van der Waals surface area contributed by atoms with Gasteiger partial charge in [0.05, 0.1) is 6.10 Å². The number of hydrogen-bond donors (Lipinski definition) is 2. The number of nitrogens with zero attached hydrogens (tertiary/aromatic N) is 1. The molecule has 1 aromatic rings. The highest BCUT2D eigenvalue weighted by Crippen LogP contribution is 2.19. The highest BCUT2D eigenvalue weighted by molar-refractivity contribution is 5.89. The first-order valence-electron chi connectivity index (χ1n) is 7.00. The van der Waals surface area contributed by atoms with Gasteiger partial charge in [-0.3, -0.25) is 0 Å². The highest BCUT2D eigenvalue weighted by atomic mass is 16.5. The van der Waals surface area contributed by atoms with Crippen LogP contribution in [-0.2, 0) is 0 Å². The van der Waals surface area contributed by atoms with E-state index in [1.54, 1.807) is 29.2 Å². The van der Waals surface area contributed by atoms with Crippen molar-refractivity contribution < 1.29 is 14.6 Å². The molecule has 2 amide bonds. The number of benzene rings is 1. The molecule has 2 atom stereocenters. The number of rotatable bonds is 3. The number of nitrogens with one attached hydrogen (secondary N) is 1. The van der Waals surface area contributed by atoms with Crippen LogP contribution in [0.5, 0.6) is 5.75 Å². The lowest BCUT2D eigenvalue weighted by Gasteiger charge is -2.34. The van der Waals surface area contributed by atoms with E-state index in [4.69, 9.17) is 11.2 Å². The van der Waals surface area contributed by atoms with E-state index in [9.17, 15) is 9.90 Å². The maximum absolute atomic E-state index is 12.1. The number of piperidine rings is 1. The summed E-state index contributed by atoms with van der Waals surface area (Å²) in [5.74, 6) is 3.29. The molecule has 1 aromatic carbocycles. The number of amides is 2. The van der Waals surface area contributed by atoms with E-state index in [-0.39, 0.29) is 18.6 Å². The summed E-state index contributed by atoms with van der Waals surface area (Å²) in [6.45, 7) is 3.24. The summed E-state index contributed by atoms with van der Waals surface area (Å²) < 4.78 is 5.27. The Hall–Kier alpha value is -2.19. The Morgan fingerprint density at radius 1 is 1.52 bits per heavy atom. The van der Waals surface area contributed by atoms with Crippen molar-refractivity contribution >= 4 is 11.7 Å². The zero-order chi connectivity index (χ0) is 15.2. The summed E-state index contributed by atoms with van der Waals surface area (Å²) in [7, 11) is 0. The number of anilines is 1. The Kier molecular flexibility index (Phi) is 5.07. The first kappa shape index (κ1) is 15.2. The third-order valence-corrected chi connectivity index (χ3v) is 3.63. The van der Waals surface area contributed by atoms with Gasteiger partial charge in [-0.1, -0.05) is 12.8 Å². The second-order valence-electron chi connectivity index (χ2n) is 5.23. The molecule has 1 saturated heterocycles. The van der Waals surface area contributed by atoms with Crippen molar-refractivity contribution in [2.24, 2.45) is 5.92 Å². The molecule has 0 aromatic heterocycles. The molecule has 5 heteroatoms. The van der Waals surface area contributed by atoms with Crippen LogP contribution < -0.4 is 10.1 Å². The van der Waals surface area contributed by atoms with Gasteiger partial charge in [0.25, 0.3) is 0 Å². The van der Waals surface area contributed by atoms with Crippen LogP contribution in [0.3, 0.4) is 0 Å². The zero-order valence-corrected chi connectivity index (χ0v) is 12.1. The monoisotopic (exact) mass is 288 g/mol. The van der Waals surface area contributed by atoms with Crippen molar-refractivity contribution in [2.75, 3.05) is 25.0 Å². The molecular formula is C16H20N2O3. The number of aliphatic hydroxyl groups is 1. The second-order valence-corrected chi connectivity index (χ2v) is 5.23. The average molecular weight is 288 g/mol. The topological polar surface area (TPSA) is 61.8 Å². The molecule has 1 aliphatic rings. The van der Waals surface area contributed by atoms with Crippen LogP contribution in [0.1, 0.15) is 13.3 Å². The molecule has 0 radical (unpaired) electrons. The minimum absolute atomic E-state index is 0.196. The molecule has 0 saturated carbocycles. The molecule has 2 N–H and O–H groups in total. The van der Waals surface area contributed by atoms with Crippen LogP contribution in [0.25, 0.3) is 0 Å². The molecule has 1 aliphatic heterocycles. The summed E-state index contributed by atoms with van der Waals surface area (Å²) in [6.07, 6.45) is 5.48. The predicted octanol–water partition coefficient (Wildman–Crippen LogP) is 1.93. The number of ether oxygens (including phenoxy) is 1. The molecule has 1 fully saturated rings. The molecule has 112 valence electrons. The van der Waals surface area contributed by atoms with Crippen molar-refractivity contribution in [1.29, 1.82) is 0 Å². The fourth-order valence-electron chi connectivity index (χ4n) is 2.20. The van der Waals surface area contributed by atoms with Gasteiger partial charge < -0.3 is 20.1 Å². The highest BCUT2D eigenvalue weighted by Gasteiger charge is 2.27. The maximum atomic E-state index is 12.1. The maximum Gasteiger partial charge on any atom is 0.321 e. The van der Waals surface area contributed by atoms with E-state index in [2.05, 4.69) is 11.2 Å². The van der Waals surface area contributed by atoms with E-state index in [0.717, 1.165) is 6.42 Å². The fourth-order valence-corrected chi connectivity index (χ4v) is 2.20. The Morgan fingerprint density at radius 3 is 2.86 bits per heavy atom. The van der Waals surface area contributed by atoms with Crippen molar-refractivity contribution in [3.63, 3.8) is 0 Å². The molecule has 0 bridgehead atoms. The molecule has 5 nitrogen and oxygen atoms in total. The Balaban J connectivity index is 1.89. The van der Waals surface area contributed by atoms with Gasteiger partial charge >= 0.3 is 6.03 Å². The van der Waals surface area contributed by atoms with Crippen LogP contribution in [0.4, 0.5) is 10.5 Å². The number of urea groups is 1. The Labute approximate surface area is 124 Å². The van der Waals surface area contributed by atoms with Gasteiger partial charge in [-0.05, 0) is 36.6 Å². The Morgan fingerprint density at radius 2 is 2.24 bits per heavy atom. The van der Waals surface area contributed by atoms with Crippen LogP contribution in [0.15, 0.2) is 24.3 Å². The van der Waals surface area contributed by atoms with E-state index in [1.165, 1.54) is 0 Å². The summed E-state index contributed by atoms with van der Waals surface area (Å²) in [5.41, 5.74) is 0.682. The zero-order valence-electron chi connectivity index (χ0n) is 12.1. The van der Waals surface area contributed by atoms with E-state index in [0.29, 0.717) is 24.5 Å². The molecule has 0 spiro atoms. The van der Waals surface area contributed by atoms with Gasteiger partial charge in [-0.2, -0.15) is 0 Å². The SMILES string of the molecule is C#CCOc1ccc(NC(=O)N2CCC(C)C(O)C2)cc1. The minimum Gasteiger partial charge on any atom is -0.481 e. The van der Waals surface area contributed by atoms with Crippen LogP contribution in [-0.4, -0.2) is 41.8 Å². The lowest BCUT2D eigenvalue weighted by Crippen LogP contribution is -2.47. The Bertz CT molecular complexity index is 521. The number of likely N-dealkylation sites (tertiary alicyclic amines) is 1. The smallest absolute Gasteiger partial charge is 0.321 e. The van der Waals surface area contributed by atoms with Crippen LogP contribution in [0, 0.1) is 18.3 Å². The molecular weight excluding hydrogens is 268 g/mol. The molecule has 2 rings (SSSR count). The summed E-state index contributed by atoms with van der Waals surface area (Å²) in [5, 5.41) is 12.6. The van der Waals surface area contributed by atoms with Crippen LogP contribution >= 0.6 is 0 Å². The standard InChI is InChI=1S/C16H20N2O3/c1-3-10-21-14-6-4-13(5-7-14)17-16(20)18-9-8-12(2)15(19)11-18/h1,4-7,12,15,19H,8-11H2,2H3,(H,17,20). The van der Waals surface area contributed by atoms with Gasteiger partial charge in [-0.25, -0.2) is 4.79 Å². The normalized spacial score (nSPS) is 21.5. The quantitative estimate of drug-likeness (QED) is 0.836. The first-order chi connectivity index (χ1) is 10.1. The van der Waals surface area contributed by atoms with Gasteiger partial charge in [0.2, 0.25) is 0 Å². The fraction of sp³-hybridized carbons (Fsp3) is 0.438. The summed E-state index contributed by atoms with van der Waals surface area (Å²) >= 11 is 0. The van der Waals surface area contributed by atoms with E-state index in [1.807, 2.05) is 6.92 Å². The van der Waals surface area contributed by atoms with Crippen molar-refractivity contribution in [2.45, 2.75) is 19.4 Å². The van der Waals surface area contributed by atoms with Crippen LogP contribution in [0.2, 0.25) is 0 Å². The van der Waals surface area contributed by atoms with Gasteiger partial charge in [0, 0.05) is 18.8 Å². The van der Waals surface area contributed by atoms with Gasteiger partial charge in [0.15, 0.2) is 0 Å². The van der Waals surface area contributed by atoms with Crippen molar-refractivity contribution in [3.05, 3.63) is 24.3 Å².